The van der Waals surface area contributed by atoms with E-state index in [0.717, 1.165) is 16.9 Å². The van der Waals surface area contributed by atoms with Crippen LogP contribution < -0.4 is 4.74 Å². The fourth-order valence-corrected chi connectivity index (χ4v) is 14.9. The van der Waals surface area contributed by atoms with Gasteiger partial charge >= 0.3 is 8.56 Å². The Morgan fingerprint density at radius 2 is 1.14 bits per heavy atom. The smallest absolute Gasteiger partial charge is 0.353 e. The minimum atomic E-state index is -2.42. The molecule has 0 spiro atoms. The predicted molar refractivity (Wildman–Crippen MR) is 123 cm³/mol. The Balaban J connectivity index is 2.09. The summed E-state index contributed by atoms with van der Waals surface area (Å²) in [4.78, 5) is 0. The minimum Gasteiger partial charge on any atom is -0.492 e. The fraction of sp³-hybridized carbons (Fsp3) is 0.381. The molecule has 2 aromatic carbocycles. The molecule has 0 aliphatic carbocycles. The maximum absolute atomic E-state index is 8.92. The number of hydrogen-bond acceptors (Lipinski definition) is 4. The second-order valence-electron chi connectivity index (χ2n) is 9.06. The number of nitriles is 1. The minimum absolute atomic E-state index is 0.484. The molecule has 0 bridgehead atoms. The molecule has 0 atom stereocenters. The topological polar surface area (TPSA) is 51.5 Å². The molecule has 2 rings (SSSR count). The lowest BCUT2D eigenvalue weighted by molar-refractivity contribution is 0.293. The Labute approximate surface area is 172 Å². The highest BCUT2D eigenvalue weighted by atomic mass is 28.5. The van der Waals surface area contributed by atoms with Gasteiger partial charge in [-0.1, -0.05) is 24.3 Å². The quantitative estimate of drug-likeness (QED) is 0.489. The van der Waals surface area contributed by atoms with Crippen molar-refractivity contribution in [1.82, 2.24) is 0 Å². The molecule has 0 aliphatic rings. The molecule has 2 aromatic rings. The summed E-state index contributed by atoms with van der Waals surface area (Å²) in [6, 6.07) is 17.8. The summed E-state index contributed by atoms with van der Waals surface area (Å²) in [6.45, 7) is 15.3. The molecule has 0 amide bonds. The Kier molecular flexibility index (Phi) is 7.07. The van der Waals surface area contributed by atoms with E-state index in [4.69, 9.17) is 18.2 Å². The first kappa shape index (κ1) is 22.6. The summed E-state index contributed by atoms with van der Waals surface area (Å²) >= 11 is 0. The van der Waals surface area contributed by atoms with Crippen molar-refractivity contribution < 1.29 is 13.0 Å². The van der Waals surface area contributed by atoms with Gasteiger partial charge in [-0.05, 0) is 81.2 Å². The molecular formula is C21H31NO3Si3. The summed E-state index contributed by atoms with van der Waals surface area (Å²) in [7, 11) is -5.89. The zero-order valence-corrected chi connectivity index (χ0v) is 21.0. The number of benzene rings is 2. The van der Waals surface area contributed by atoms with Crippen molar-refractivity contribution in [2.45, 2.75) is 45.8 Å². The van der Waals surface area contributed by atoms with Crippen LogP contribution in [0.3, 0.4) is 0 Å². The molecule has 0 unspecified atom stereocenters. The summed E-state index contributed by atoms with van der Waals surface area (Å²) in [5.74, 6) is 0.814. The van der Waals surface area contributed by atoms with Crippen LogP contribution in [-0.2, 0) is 8.23 Å². The Hall–Kier alpha value is -1.70. The highest BCUT2D eigenvalue weighted by molar-refractivity contribution is 6.87. The molecule has 0 N–H and O–H groups in total. The van der Waals surface area contributed by atoms with Gasteiger partial charge in [-0.15, -0.1) is 0 Å². The van der Waals surface area contributed by atoms with Crippen LogP contribution >= 0.6 is 0 Å². The van der Waals surface area contributed by atoms with Crippen molar-refractivity contribution in [3.05, 3.63) is 54.1 Å². The molecule has 0 saturated heterocycles. The van der Waals surface area contributed by atoms with E-state index in [1.54, 1.807) is 0 Å². The monoisotopic (exact) mass is 429 g/mol. The van der Waals surface area contributed by atoms with Gasteiger partial charge in [0.25, 0.3) is 0 Å². The van der Waals surface area contributed by atoms with Crippen molar-refractivity contribution in [3.63, 3.8) is 0 Å². The fourth-order valence-electron chi connectivity index (χ4n) is 3.07. The van der Waals surface area contributed by atoms with E-state index in [1.807, 2.05) is 48.5 Å². The predicted octanol–water partition coefficient (Wildman–Crippen LogP) is 5.92. The van der Waals surface area contributed by atoms with Gasteiger partial charge < -0.3 is 13.0 Å². The van der Waals surface area contributed by atoms with Crippen LogP contribution in [0.5, 0.6) is 5.75 Å². The lowest BCUT2D eigenvalue weighted by Crippen LogP contribution is -2.56. The van der Waals surface area contributed by atoms with E-state index < -0.39 is 25.2 Å². The van der Waals surface area contributed by atoms with Crippen LogP contribution in [-0.4, -0.2) is 31.4 Å². The average molecular weight is 430 g/mol. The Bertz CT molecular complexity index is 800. The van der Waals surface area contributed by atoms with Crippen molar-refractivity contribution in [2.24, 2.45) is 0 Å². The van der Waals surface area contributed by atoms with E-state index in [1.165, 1.54) is 0 Å². The third kappa shape index (κ3) is 7.37. The molecule has 7 heteroatoms. The van der Waals surface area contributed by atoms with Gasteiger partial charge in [0.2, 0.25) is 0 Å². The Morgan fingerprint density at radius 3 is 1.54 bits per heavy atom. The lowest BCUT2D eigenvalue weighted by Gasteiger charge is -2.38. The first-order chi connectivity index (χ1) is 12.9. The van der Waals surface area contributed by atoms with Crippen molar-refractivity contribution in [3.8, 4) is 22.9 Å². The normalized spacial score (nSPS) is 12.5. The van der Waals surface area contributed by atoms with E-state index in [9.17, 15) is 0 Å². The molecule has 150 valence electrons. The van der Waals surface area contributed by atoms with Gasteiger partial charge in [0.15, 0.2) is 16.6 Å². The molecule has 0 aliphatic heterocycles. The molecule has 0 fully saturated rings. The second-order valence-corrected chi connectivity index (χ2v) is 21.7. The first-order valence-electron chi connectivity index (χ1n) is 9.53. The summed E-state index contributed by atoms with van der Waals surface area (Å²) in [5, 5.41) is 8.92. The third-order valence-corrected chi connectivity index (χ3v) is 12.8. The largest absolute Gasteiger partial charge is 0.492 e. The summed E-state index contributed by atoms with van der Waals surface area (Å²) in [5.41, 5.74) is 2.83. The van der Waals surface area contributed by atoms with Gasteiger partial charge in [-0.25, -0.2) is 0 Å². The van der Waals surface area contributed by atoms with Crippen LogP contribution in [0.2, 0.25) is 45.8 Å². The van der Waals surface area contributed by atoms with Gasteiger partial charge in [-0.2, -0.15) is 5.26 Å². The zero-order chi connectivity index (χ0) is 21.0. The van der Waals surface area contributed by atoms with E-state index >= 15 is 0 Å². The highest BCUT2D eigenvalue weighted by Crippen LogP contribution is 2.25. The summed E-state index contributed by atoms with van der Waals surface area (Å²) < 4.78 is 19.1. The molecular weight excluding hydrogens is 398 g/mol. The Morgan fingerprint density at radius 1 is 0.714 bits per heavy atom. The molecule has 0 aromatic heterocycles. The zero-order valence-electron chi connectivity index (χ0n) is 18.0. The standard InChI is InChI=1S/C21H31NO3Si3/c1-26(2,3)24-28(7,25-27(4,5)6)17-23-21-14-12-20(13-15-21)19-10-8-18(16-22)9-11-19/h8-15H,17H2,1-7H3. The van der Waals surface area contributed by atoms with E-state index in [-0.39, 0.29) is 0 Å². The SMILES string of the molecule is C[Si](C)(C)O[Si](C)(COc1ccc(-c2ccc(C#N)cc2)cc1)O[Si](C)(C)C. The summed E-state index contributed by atoms with van der Waals surface area (Å²) in [6.07, 6.45) is 0.484. The number of rotatable bonds is 8. The molecule has 4 nitrogen and oxygen atoms in total. The lowest BCUT2D eigenvalue weighted by atomic mass is 10.0. The van der Waals surface area contributed by atoms with Crippen molar-refractivity contribution >= 4 is 25.2 Å². The third-order valence-electron chi connectivity index (χ3n) is 3.75. The first-order valence-corrected chi connectivity index (χ1v) is 18.9. The molecule has 0 saturated carbocycles. The number of ether oxygens (including phenoxy) is 1. The van der Waals surface area contributed by atoms with Crippen molar-refractivity contribution in [2.75, 3.05) is 6.23 Å². The number of nitrogens with zero attached hydrogens (tertiary/aromatic N) is 1. The van der Waals surface area contributed by atoms with Crippen LogP contribution in [0.25, 0.3) is 11.1 Å². The van der Waals surface area contributed by atoms with Gasteiger partial charge in [0.05, 0.1) is 11.6 Å². The maximum atomic E-state index is 8.92. The van der Waals surface area contributed by atoms with E-state index in [2.05, 4.69) is 51.9 Å². The number of hydrogen-bond donors (Lipinski definition) is 0. The van der Waals surface area contributed by atoms with Gasteiger partial charge in [0, 0.05) is 0 Å². The van der Waals surface area contributed by atoms with Crippen LogP contribution in [0.4, 0.5) is 0 Å². The van der Waals surface area contributed by atoms with Gasteiger partial charge in [-0.3, -0.25) is 0 Å². The van der Waals surface area contributed by atoms with E-state index in [0.29, 0.717) is 11.8 Å². The van der Waals surface area contributed by atoms with Crippen molar-refractivity contribution in [1.29, 1.82) is 5.26 Å². The van der Waals surface area contributed by atoms with Crippen LogP contribution in [0.1, 0.15) is 5.56 Å². The van der Waals surface area contributed by atoms with Crippen LogP contribution in [0.15, 0.2) is 48.5 Å². The highest BCUT2D eigenvalue weighted by Gasteiger charge is 2.41. The second kappa shape index (κ2) is 8.76. The average Bonchev–Trinajstić information content (AvgIpc) is 2.57. The van der Waals surface area contributed by atoms with Gasteiger partial charge in [0.1, 0.15) is 12.0 Å². The maximum Gasteiger partial charge on any atom is 0.353 e. The molecule has 0 heterocycles. The van der Waals surface area contributed by atoms with Crippen LogP contribution in [0, 0.1) is 11.3 Å². The molecule has 0 radical (unpaired) electrons. The molecule has 28 heavy (non-hydrogen) atoms.